The van der Waals surface area contributed by atoms with Crippen molar-refractivity contribution in [3.8, 4) is 11.5 Å². The third kappa shape index (κ3) is 5.70. The SMILES string of the molecule is CCOc1cc(C2C(C(=O)OCCc3ccccc3)=C(C)NC3=C2C(=O)CC(c2ccccc2)C3)cc(Br)c1O. The zero-order valence-corrected chi connectivity index (χ0v) is 24.2. The van der Waals surface area contributed by atoms with E-state index < -0.39 is 11.9 Å². The van der Waals surface area contributed by atoms with Gasteiger partial charge in [0.05, 0.1) is 23.3 Å². The summed E-state index contributed by atoms with van der Waals surface area (Å²) in [5.74, 6) is -0.860. The lowest BCUT2D eigenvalue weighted by molar-refractivity contribution is -0.139. The van der Waals surface area contributed by atoms with Gasteiger partial charge in [-0.2, -0.15) is 0 Å². The van der Waals surface area contributed by atoms with Gasteiger partial charge in [0.15, 0.2) is 17.3 Å². The van der Waals surface area contributed by atoms with E-state index in [9.17, 15) is 14.7 Å². The molecule has 2 unspecified atom stereocenters. The number of phenolic OH excluding ortho intramolecular Hbond substituents is 1. The number of aromatic hydroxyl groups is 1. The summed E-state index contributed by atoms with van der Waals surface area (Å²) in [6, 6.07) is 23.3. The van der Waals surface area contributed by atoms with Crippen molar-refractivity contribution in [1.82, 2.24) is 5.32 Å². The minimum atomic E-state index is -0.666. The van der Waals surface area contributed by atoms with Crippen LogP contribution in [0.2, 0.25) is 0 Å². The zero-order chi connectivity index (χ0) is 28.2. The van der Waals surface area contributed by atoms with Gasteiger partial charge in [0.1, 0.15) is 0 Å². The molecule has 2 N–H and O–H groups in total. The monoisotopic (exact) mass is 601 g/mol. The Morgan fingerprint density at radius 2 is 1.73 bits per heavy atom. The van der Waals surface area contributed by atoms with Crippen LogP contribution in [0.25, 0.3) is 0 Å². The number of ether oxygens (including phenoxy) is 2. The number of ketones is 1. The van der Waals surface area contributed by atoms with Crippen molar-refractivity contribution in [3.63, 3.8) is 0 Å². The first-order valence-corrected chi connectivity index (χ1v) is 14.3. The summed E-state index contributed by atoms with van der Waals surface area (Å²) in [5.41, 5.74) is 5.27. The highest BCUT2D eigenvalue weighted by Crippen LogP contribution is 2.48. The van der Waals surface area contributed by atoms with Gasteiger partial charge < -0.3 is 19.9 Å². The molecule has 5 rings (SSSR count). The predicted molar refractivity (Wildman–Crippen MR) is 157 cm³/mol. The van der Waals surface area contributed by atoms with Gasteiger partial charge in [-0.25, -0.2) is 4.79 Å². The first-order chi connectivity index (χ1) is 19.4. The molecule has 0 radical (unpaired) electrons. The van der Waals surface area contributed by atoms with Crippen molar-refractivity contribution >= 4 is 27.7 Å². The molecule has 1 aliphatic heterocycles. The van der Waals surface area contributed by atoms with Crippen LogP contribution in [0, 0.1) is 0 Å². The molecular formula is C33H32BrNO5. The third-order valence-corrected chi connectivity index (χ3v) is 8.07. The standard InChI is InChI=1S/C33H32BrNO5/c1-3-39-28-19-24(16-25(34)32(28)37)30-29(33(38)40-15-14-21-10-6-4-7-11-21)20(2)35-26-17-23(18-27(36)31(26)30)22-12-8-5-9-13-22/h4-13,16,19,23,30,35,37H,3,14-15,17-18H2,1-2H3. The van der Waals surface area contributed by atoms with Crippen molar-refractivity contribution in [2.45, 2.75) is 44.9 Å². The van der Waals surface area contributed by atoms with Crippen molar-refractivity contribution in [2.24, 2.45) is 0 Å². The Labute approximate surface area is 242 Å². The molecule has 0 amide bonds. The second-order valence-corrected chi connectivity index (χ2v) is 10.9. The van der Waals surface area contributed by atoms with E-state index >= 15 is 0 Å². The lowest BCUT2D eigenvalue weighted by atomic mass is 9.71. The number of nitrogens with one attached hydrogen (secondary N) is 1. The Morgan fingerprint density at radius 3 is 2.42 bits per heavy atom. The first kappa shape index (κ1) is 27.7. The maximum Gasteiger partial charge on any atom is 0.336 e. The van der Waals surface area contributed by atoms with E-state index in [1.54, 1.807) is 12.1 Å². The molecule has 1 aliphatic carbocycles. The molecule has 0 aromatic heterocycles. The number of esters is 1. The average Bonchev–Trinajstić information content (AvgIpc) is 2.95. The van der Waals surface area contributed by atoms with Gasteiger partial charge in [-0.3, -0.25) is 4.79 Å². The topological polar surface area (TPSA) is 84.9 Å². The molecule has 2 atom stereocenters. The number of hydrogen-bond donors (Lipinski definition) is 2. The Morgan fingerprint density at radius 1 is 1.02 bits per heavy atom. The highest BCUT2D eigenvalue weighted by molar-refractivity contribution is 9.10. The molecule has 206 valence electrons. The molecule has 2 aliphatic rings. The molecule has 0 saturated heterocycles. The minimum absolute atomic E-state index is 0.0168. The molecule has 0 saturated carbocycles. The fourth-order valence-corrected chi connectivity index (χ4v) is 6.07. The molecule has 0 fully saturated rings. The van der Waals surface area contributed by atoms with E-state index in [0.29, 0.717) is 52.7 Å². The number of carbonyl (C=O) groups is 2. The fourth-order valence-electron chi connectivity index (χ4n) is 5.61. The van der Waals surface area contributed by atoms with Gasteiger partial charge in [-0.15, -0.1) is 0 Å². The maximum absolute atomic E-state index is 13.9. The lowest BCUT2D eigenvalue weighted by Gasteiger charge is -2.37. The molecule has 3 aromatic rings. The van der Waals surface area contributed by atoms with E-state index in [4.69, 9.17) is 9.47 Å². The van der Waals surface area contributed by atoms with E-state index in [-0.39, 0.29) is 29.8 Å². The molecule has 1 heterocycles. The predicted octanol–water partition coefficient (Wildman–Crippen LogP) is 6.70. The van der Waals surface area contributed by atoms with Crippen LogP contribution in [0.15, 0.2) is 99.8 Å². The van der Waals surface area contributed by atoms with Gasteiger partial charge >= 0.3 is 5.97 Å². The van der Waals surface area contributed by atoms with Crippen molar-refractivity contribution in [1.29, 1.82) is 0 Å². The normalized spacial score (nSPS) is 18.7. The Kier molecular flexibility index (Phi) is 8.40. The minimum Gasteiger partial charge on any atom is -0.503 e. The fraction of sp³-hybridized carbons (Fsp3) is 0.273. The number of rotatable bonds is 8. The van der Waals surface area contributed by atoms with Gasteiger partial charge in [0.25, 0.3) is 0 Å². The van der Waals surface area contributed by atoms with Gasteiger partial charge in [-0.1, -0.05) is 60.7 Å². The number of Topliss-reactive ketones (excluding diaryl/α,β-unsaturated/α-hetero) is 1. The highest BCUT2D eigenvalue weighted by Gasteiger charge is 2.42. The number of halogens is 1. The smallest absolute Gasteiger partial charge is 0.336 e. The van der Waals surface area contributed by atoms with Gasteiger partial charge in [-0.05, 0) is 70.9 Å². The number of carbonyl (C=O) groups excluding carboxylic acids is 2. The van der Waals surface area contributed by atoms with E-state index in [2.05, 4.69) is 21.2 Å². The van der Waals surface area contributed by atoms with Crippen LogP contribution < -0.4 is 10.1 Å². The lowest BCUT2D eigenvalue weighted by Crippen LogP contribution is -2.36. The summed E-state index contributed by atoms with van der Waals surface area (Å²) < 4.78 is 11.9. The van der Waals surface area contributed by atoms with Crippen LogP contribution in [0.5, 0.6) is 11.5 Å². The second-order valence-electron chi connectivity index (χ2n) is 10.1. The Bertz CT molecular complexity index is 1480. The second kappa shape index (κ2) is 12.1. The van der Waals surface area contributed by atoms with Gasteiger partial charge in [0.2, 0.25) is 0 Å². The van der Waals surface area contributed by atoms with Crippen LogP contribution in [0.3, 0.4) is 0 Å². The first-order valence-electron chi connectivity index (χ1n) is 13.5. The molecule has 7 heteroatoms. The maximum atomic E-state index is 13.9. The summed E-state index contributed by atoms with van der Waals surface area (Å²) in [6.45, 7) is 4.25. The molecule has 3 aromatic carbocycles. The molecule has 0 spiro atoms. The highest BCUT2D eigenvalue weighted by atomic mass is 79.9. The van der Waals surface area contributed by atoms with Crippen molar-refractivity contribution < 1.29 is 24.2 Å². The van der Waals surface area contributed by atoms with E-state index in [1.165, 1.54) is 0 Å². The summed E-state index contributed by atoms with van der Waals surface area (Å²) >= 11 is 3.44. The van der Waals surface area contributed by atoms with Crippen LogP contribution in [0.4, 0.5) is 0 Å². The number of benzene rings is 3. The average molecular weight is 603 g/mol. The zero-order valence-electron chi connectivity index (χ0n) is 22.6. The Hall–Kier alpha value is -3.84. The van der Waals surface area contributed by atoms with Crippen molar-refractivity contribution in [3.05, 3.63) is 116 Å². The number of dihydropyridines is 1. The van der Waals surface area contributed by atoms with Crippen molar-refractivity contribution in [2.75, 3.05) is 13.2 Å². The van der Waals surface area contributed by atoms with E-state index in [0.717, 1.165) is 16.8 Å². The van der Waals surface area contributed by atoms with Crippen LogP contribution >= 0.6 is 15.9 Å². The van der Waals surface area contributed by atoms with E-state index in [1.807, 2.05) is 74.5 Å². The molecule has 40 heavy (non-hydrogen) atoms. The quantitative estimate of drug-likeness (QED) is 0.279. The third-order valence-electron chi connectivity index (χ3n) is 7.47. The molecule has 0 bridgehead atoms. The number of hydrogen-bond acceptors (Lipinski definition) is 6. The van der Waals surface area contributed by atoms with Crippen LogP contribution in [-0.4, -0.2) is 30.1 Å². The van der Waals surface area contributed by atoms with Gasteiger partial charge in [0, 0.05) is 35.7 Å². The molecule has 6 nitrogen and oxygen atoms in total. The van der Waals surface area contributed by atoms with Crippen LogP contribution in [0.1, 0.15) is 55.2 Å². The summed E-state index contributed by atoms with van der Waals surface area (Å²) in [7, 11) is 0. The number of allylic oxidation sites excluding steroid dienone is 3. The summed E-state index contributed by atoms with van der Waals surface area (Å²) in [6.07, 6.45) is 1.57. The largest absolute Gasteiger partial charge is 0.503 e. The summed E-state index contributed by atoms with van der Waals surface area (Å²) in [5, 5.41) is 14.0. The molecular weight excluding hydrogens is 570 g/mol. The number of phenols is 1. The Balaban J connectivity index is 1.53. The van der Waals surface area contributed by atoms with Crippen LogP contribution in [-0.2, 0) is 20.7 Å². The summed E-state index contributed by atoms with van der Waals surface area (Å²) in [4.78, 5) is 27.5.